The van der Waals surface area contributed by atoms with Crippen molar-refractivity contribution in [2.45, 2.75) is 0 Å². The fourth-order valence-electron chi connectivity index (χ4n) is 7.03. The van der Waals surface area contributed by atoms with Crippen LogP contribution in [0, 0.1) is 0 Å². The SMILES string of the molecule is c1ccc(-c2c3c(c(-c4ccccc4)c4ccccc24)-c2cc(-c4ccc5cccnc5c4)cc4cccc-3c24)cc1. The summed E-state index contributed by atoms with van der Waals surface area (Å²) < 4.78 is 0. The second kappa shape index (κ2) is 8.99. The van der Waals surface area contributed by atoms with Gasteiger partial charge < -0.3 is 0 Å². The number of pyridine rings is 1. The molecule has 0 radical (unpaired) electrons. The summed E-state index contributed by atoms with van der Waals surface area (Å²) in [5.74, 6) is 0. The molecule has 1 heteroatoms. The highest BCUT2D eigenvalue weighted by molar-refractivity contribution is 6.28. The normalized spacial score (nSPS) is 11.8. The van der Waals surface area contributed by atoms with E-state index in [-0.39, 0.29) is 0 Å². The molecule has 0 fully saturated rings. The van der Waals surface area contributed by atoms with E-state index in [1.54, 1.807) is 0 Å². The number of rotatable bonds is 3. The summed E-state index contributed by atoms with van der Waals surface area (Å²) in [6.45, 7) is 0. The second-order valence-electron chi connectivity index (χ2n) is 11.1. The van der Waals surface area contributed by atoms with E-state index in [9.17, 15) is 0 Å². The summed E-state index contributed by atoms with van der Waals surface area (Å²) in [5, 5.41) is 6.32. The highest BCUT2D eigenvalue weighted by atomic mass is 14.6. The first-order chi connectivity index (χ1) is 20.8. The Hall–Kier alpha value is -5.53. The van der Waals surface area contributed by atoms with Crippen molar-refractivity contribution in [2.24, 2.45) is 0 Å². The molecule has 1 heterocycles. The molecular weight excluding hydrogens is 506 g/mol. The Balaban J connectivity index is 1.45. The van der Waals surface area contributed by atoms with E-state index < -0.39 is 0 Å². The number of aromatic nitrogens is 1. The zero-order valence-corrected chi connectivity index (χ0v) is 22.9. The van der Waals surface area contributed by atoms with Gasteiger partial charge in [0.2, 0.25) is 0 Å². The molecule has 1 aromatic heterocycles. The van der Waals surface area contributed by atoms with Crippen LogP contribution in [0.1, 0.15) is 0 Å². The summed E-state index contributed by atoms with van der Waals surface area (Å²) >= 11 is 0. The molecule has 7 aromatic carbocycles. The lowest BCUT2D eigenvalue weighted by Crippen LogP contribution is -1.93. The summed E-state index contributed by atoms with van der Waals surface area (Å²) in [5.41, 5.74) is 13.8. The van der Waals surface area contributed by atoms with Gasteiger partial charge in [-0.1, -0.05) is 121 Å². The van der Waals surface area contributed by atoms with Crippen molar-refractivity contribution in [1.82, 2.24) is 4.98 Å². The number of fused-ring (bicyclic) bond motifs is 5. The van der Waals surface area contributed by atoms with Crippen LogP contribution in [0.4, 0.5) is 0 Å². The Labute approximate surface area is 244 Å². The molecule has 0 spiro atoms. The van der Waals surface area contributed by atoms with Gasteiger partial charge in [0, 0.05) is 11.6 Å². The molecule has 8 aromatic rings. The molecule has 0 N–H and O–H groups in total. The summed E-state index contributed by atoms with van der Waals surface area (Å²) in [6.07, 6.45) is 1.87. The maximum atomic E-state index is 4.65. The van der Waals surface area contributed by atoms with E-state index in [4.69, 9.17) is 0 Å². The maximum Gasteiger partial charge on any atom is 0.0708 e. The van der Waals surface area contributed by atoms with Crippen molar-refractivity contribution in [1.29, 1.82) is 0 Å². The van der Waals surface area contributed by atoms with Gasteiger partial charge in [-0.05, 0) is 101 Å². The third-order valence-corrected chi connectivity index (χ3v) is 8.80. The average Bonchev–Trinajstić information content (AvgIpc) is 3.39. The van der Waals surface area contributed by atoms with E-state index in [0.29, 0.717) is 0 Å². The number of hydrogen-bond donors (Lipinski definition) is 0. The van der Waals surface area contributed by atoms with Gasteiger partial charge >= 0.3 is 0 Å². The van der Waals surface area contributed by atoms with Gasteiger partial charge in [-0.3, -0.25) is 4.98 Å². The van der Waals surface area contributed by atoms with Crippen LogP contribution in [-0.2, 0) is 0 Å². The standard InChI is InChI=1S/C41H25N/c1-3-11-27(12-4-1)38-32-17-7-8-18-33(32)39(28-13-5-2-6-14-28)41-35-24-31(23-30-15-9-19-34(37(30)35)40(38)41)29-21-20-26-16-10-22-42-36(26)25-29/h1-25H. The minimum absolute atomic E-state index is 1.02. The van der Waals surface area contributed by atoms with Crippen molar-refractivity contribution in [3.8, 4) is 55.6 Å². The topological polar surface area (TPSA) is 12.9 Å². The molecule has 1 aliphatic carbocycles. The zero-order chi connectivity index (χ0) is 27.6. The van der Waals surface area contributed by atoms with E-state index >= 15 is 0 Å². The van der Waals surface area contributed by atoms with Crippen molar-refractivity contribution < 1.29 is 0 Å². The lowest BCUT2D eigenvalue weighted by Gasteiger charge is -2.20. The van der Waals surface area contributed by atoms with Gasteiger partial charge in [-0.15, -0.1) is 0 Å². The number of benzene rings is 7. The van der Waals surface area contributed by atoms with Gasteiger partial charge in [0.15, 0.2) is 0 Å². The van der Waals surface area contributed by atoms with Crippen molar-refractivity contribution in [2.75, 3.05) is 0 Å². The lowest BCUT2D eigenvalue weighted by atomic mass is 9.82. The fourth-order valence-corrected chi connectivity index (χ4v) is 7.03. The van der Waals surface area contributed by atoms with Gasteiger partial charge in [0.1, 0.15) is 0 Å². The molecule has 0 saturated heterocycles. The predicted molar refractivity (Wildman–Crippen MR) is 177 cm³/mol. The fraction of sp³-hybridized carbons (Fsp3) is 0. The van der Waals surface area contributed by atoms with E-state index in [2.05, 4.69) is 145 Å². The number of nitrogens with zero attached hydrogens (tertiary/aromatic N) is 1. The van der Waals surface area contributed by atoms with Crippen molar-refractivity contribution >= 4 is 32.4 Å². The first-order valence-corrected chi connectivity index (χ1v) is 14.5. The van der Waals surface area contributed by atoms with Crippen LogP contribution in [0.3, 0.4) is 0 Å². The molecule has 0 unspecified atom stereocenters. The maximum absolute atomic E-state index is 4.65. The second-order valence-corrected chi connectivity index (χ2v) is 11.1. The lowest BCUT2D eigenvalue weighted by molar-refractivity contribution is 1.41. The third-order valence-electron chi connectivity index (χ3n) is 8.80. The minimum atomic E-state index is 1.02. The largest absolute Gasteiger partial charge is 0.256 e. The average molecular weight is 532 g/mol. The minimum Gasteiger partial charge on any atom is -0.256 e. The Morgan fingerprint density at radius 2 is 1.00 bits per heavy atom. The van der Waals surface area contributed by atoms with Gasteiger partial charge in [-0.2, -0.15) is 0 Å². The molecular formula is C41H25N. The Bertz CT molecular complexity index is 2330. The first kappa shape index (κ1) is 23.2. The van der Waals surface area contributed by atoms with Crippen LogP contribution in [0.15, 0.2) is 152 Å². The summed E-state index contributed by atoms with van der Waals surface area (Å²) in [6, 6.07) is 53.0. The molecule has 194 valence electrons. The molecule has 0 aliphatic heterocycles. The number of hydrogen-bond acceptors (Lipinski definition) is 1. The summed E-state index contributed by atoms with van der Waals surface area (Å²) in [4.78, 5) is 4.65. The smallest absolute Gasteiger partial charge is 0.0708 e. The highest BCUT2D eigenvalue weighted by Gasteiger charge is 2.30. The van der Waals surface area contributed by atoms with Crippen LogP contribution >= 0.6 is 0 Å². The molecule has 0 saturated carbocycles. The quantitative estimate of drug-likeness (QED) is 0.221. The summed E-state index contributed by atoms with van der Waals surface area (Å²) in [7, 11) is 0. The Morgan fingerprint density at radius 1 is 0.357 bits per heavy atom. The van der Waals surface area contributed by atoms with E-state index in [1.807, 2.05) is 12.3 Å². The molecule has 0 bridgehead atoms. The van der Waals surface area contributed by atoms with Crippen LogP contribution < -0.4 is 0 Å². The Kier molecular flexibility index (Phi) is 4.97. The molecule has 1 aliphatic rings. The van der Waals surface area contributed by atoms with E-state index in [0.717, 1.165) is 10.9 Å². The van der Waals surface area contributed by atoms with Gasteiger partial charge in [0.25, 0.3) is 0 Å². The third kappa shape index (κ3) is 3.34. The van der Waals surface area contributed by atoms with Crippen molar-refractivity contribution in [3.05, 3.63) is 152 Å². The monoisotopic (exact) mass is 531 g/mol. The first-order valence-electron chi connectivity index (χ1n) is 14.5. The van der Waals surface area contributed by atoms with Crippen LogP contribution in [0.5, 0.6) is 0 Å². The highest BCUT2D eigenvalue weighted by Crippen LogP contribution is 2.58. The van der Waals surface area contributed by atoms with E-state index in [1.165, 1.54) is 77.2 Å². The zero-order valence-electron chi connectivity index (χ0n) is 22.9. The van der Waals surface area contributed by atoms with Crippen LogP contribution in [0.2, 0.25) is 0 Å². The van der Waals surface area contributed by atoms with Gasteiger partial charge in [-0.25, -0.2) is 0 Å². The van der Waals surface area contributed by atoms with Crippen LogP contribution in [0.25, 0.3) is 88.1 Å². The van der Waals surface area contributed by atoms with Crippen molar-refractivity contribution in [3.63, 3.8) is 0 Å². The molecule has 0 atom stereocenters. The Morgan fingerprint density at radius 3 is 1.71 bits per heavy atom. The van der Waals surface area contributed by atoms with Gasteiger partial charge in [0.05, 0.1) is 5.52 Å². The van der Waals surface area contributed by atoms with Crippen LogP contribution in [-0.4, -0.2) is 4.98 Å². The predicted octanol–water partition coefficient (Wildman–Crippen LogP) is 11.2. The molecule has 42 heavy (non-hydrogen) atoms. The molecule has 0 amide bonds. The molecule has 9 rings (SSSR count). The molecule has 1 nitrogen and oxygen atoms in total.